The molecule has 0 aliphatic carbocycles. The van der Waals surface area contributed by atoms with Crippen molar-refractivity contribution >= 4 is 26.8 Å². The predicted octanol–water partition coefficient (Wildman–Crippen LogP) is 4.29. The van der Waals surface area contributed by atoms with Crippen LogP contribution in [-0.2, 0) is 14.6 Å². The molecule has 3 aromatic heterocycles. The first kappa shape index (κ1) is 23.0. The fraction of sp³-hybridized carbons (Fsp3) is 0.280. The molecule has 0 bridgehead atoms. The van der Waals surface area contributed by atoms with Crippen LogP contribution in [0.2, 0.25) is 0 Å². The van der Waals surface area contributed by atoms with Crippen LogP contribution in [0.4, 0.5) is 0 Å². The highest BCUT2D eigenvalue weighted by Crippen LogP contribution is 2.41. The fourth-order valence-corrected chi connectivity index (χ4v) is 5.16. The molecular formula is C25H25N5O4S. The Kier molecular flexibility index (Phi) is 5.98. The molecule has 1 unspecified atom stereocenters. The van der Waals surface area contributed by atoms with Gasteiger partial charge >= 0.3 is 0 Å². The van der Waals surface area contributed by atoms with Gasteiger partial charge in [0.15, 0.2) is 20.7 Å². The zero-order valence-electron chi connectivity index (χ0n) is 19.4. The third-order valence-corrected chi connectivity index (χ3v) is 7.81. The number of fused-ring (bicyclic) bond motifs is 1. The Morgan fingerprint density at radius 1 is 1.20 bits per heavy atom. The number of H-pyrrole nitrogens is 1. The van der Waals surface area contributed by atoms with Crippen molar-refractivity contribution in [1.29, 1.82) is 0 Å². The van der Waals surface area contributed by atoms with Gasteiger partial charge in [-0.1, -0.05) is 13.0 Å². The molecule has 9 nitrogen and oxygen atoms in total. The minimum atomic E-state index is -3.41. The van der Waals surface area contributed by atoms with Crippen molar-refractivity contribution in [3.8, 4) is 23.0 Å². The molecule has 10 heteroatoms. The Morgan fingerprint density at radius 2 is 2.06 bits per heavy atom. The number of carbonyl (C=O) groups is 1. The summed E-state index contributed by atoms with van der Waals surface area (Å²) in [5, 5.41) is 0.00822. The molecule has 4 aromatic rings. The van der Waals surface area contributed by atoms with E-state index in [1.165, 1.54) is 12.3 Å². The molecule has 1 N–H and O–H groups in total. The number of benzene rings is 1. The van der Waals surface area contributed by atoms with E-state index in [-0.39, 0.29) is 22.7 Å². The molecule has 1 aliphatic rings. The molecule has 180 valence electrons. The molecule has 0 spiro atoms. The van der Waals surface area contributed by atoms with Crippen LogP contribution in [0.1, 0.15) is 38.3 Å². The van der Waals surface area contributed by atoms with Crippen molar-refractivity contribution in [1.82, 2.24) is 24.8 Å². The third kappa shape index (κ3) is 4.49. The van der Waals surface area contributed by atoms with Crippen LogP contribution >= 0.6 is 0 Å². The predicted molar refractivity (Wildman–Crippen MR) is 131 cm³/mol. The van der Waals surface area contributed by atoms with Gasteiger partial charge in [-0.05, 0) is 43.2 Å². The van der Waals surface area contributed by atoms with Crippen molar-refractivity contribution in [3.63, 3.8) is 0 Å². The van der Waals surface area contributed by atoms with Crippen molar-refractivity contribution in [2.75, 3.05) is 12.3 Å². The maximum absolute atomic E-state index is 12.3. The van der Waals surface area contributed by atoms with Crippen LogP contribution in [0.25, 0.3) is 22.6 Å². The number of nitrogens with one attached hydrogen (secondary N) is 1. The Morgan fingerprint density at radius 3 is 2.74 bits per heavy atom. The quantitative estimate of drug-likeness (QED) is 0.427. The zero-order chi connectivity index (χ0) is 24.6. The third-order valence-electron chi connectivity index (χ3n) is 6.17. The summed E-state index contributed by atoms with van der Waals surface area (Å²) in [4.78, 5) is 30.6. The molecule has 1 fully saturated rings. The normalized spacial score (nSPS) is 16.1. The van der Waals surface area contributed by atoms with E-state index in [4.69, 9.17) is 9.72 Å². The molecule has 35 heavy (non-hydrogen) atoms. The van der Waals surface area contributed by atoms with Crippen molar-refractivity contribution in [2.45, 2.75) is 37.8 Å². The second kappa shape index (κ2) is 9.10. The maximum Gasteiger partial charge on any atom is 0.219 e. The molecular weight excluding hydrogens is 466 g/mol. The van der Waals surface area contributed by atoms with Gasteiger partial charge in [-0.25, -0.2) is 18.4 Å². The van der Waals surface area contributed by atoms with Crippen molar-refractivity contribution in [2.24, 2.45) is 0 Å². The largest absolute Gasteiger partial charge is 0.455 e. The molecule has 1 saturated heterocycles. The van der Waals surface area contributed by atoms with Gasteiger partial charge in [0.05, 0.1) is 29.0 Å². The molecule has 1 aromatic carbocycles. The number of rotatable bonds is 6. The van der Waals surface area contributed by atoms with E-state index in [0.717, 1.165) is 29.6 Å². The van der Waals surface area contributed by atoms with Crippen LogP contribution < -0.4 is 4.74 Å². The Hall–Kier alpha value is -3.79. The van der Waals surface area contributed by atoms with Gasteiger partial charge in [0.2, 0.25) is 5.91 Å². The summed E-state index contributed by atoms with van der Waals surface area (Å²) < 4.78 is 30.4. The number of amides is 1. The van der Waals surface area contributed by atoms with Gasteiger partial charge in [0, 0.05) is 31.3 Å². The summed E-state index contributed by atoms with van der Waals surface area (Å²) in [6, 6.07) is 12.3. The fourth-order valence-electron chi connectivity index (χ4n) is 4.38. The lowest BCUT2D eigenvalue weighted by Crippen LogP contribution is -2.28. The number of aromatic amines is 1. The summed E-state index contributed by atoms with van der Waals surface area (Å²) in [5.74, 6) is 1.56. The van der Waals surface area contributed by atoms with Crippen LogP contribution in [-0.4, -0.2) is 51.5 Å². The molecule has 4 heterocycles. The monoisotopic (exact) mass is 491 g/mol. The Bertz CT molecular complexity index is 1480. The highest BCUT2D eigenvalue weighted by Gasteiger charge is 2.31. The lowest BCUT2D eigenvalue weighted by molar-refractivity contribution is -0.129. The number of ether oxygens (including phenoxy) is 1. The molecule has 1 amide bonds. The number of aromatic nitrogens is 4. The molecule has 1 aliphatic heterocycles. The number of carbonyl (C=O) groups excluding carboxylic acids is 1. The van der Waals surface area contributed by atoms with Gasteiger partial charge < -0.3 is 14.6 Å². The maximum atomic E-state index is 12.3. The van der Waals surface area contributed by atoms with Gasteiger partial charge in [0.1, 0.15) is 17.2 Å². The van der Waals surface area contributed by atoms with Gasteiger partial charge in [-0.15, -0.1) is 0 Å². The molecule has 0 radical (unpaired) electrons. The smallest absolute Gasteiger partial charge is 0.219 e. The first-order chi connectivity index (χ1) is 16.9. The van der Waals surface area contributed by atoms with E-state index >= 15 is 0 Å². The van der Waals surface area contributed by atoms with Crippen LogP contribution in [0.5, 0.6) is 11.5 Å². The van der Waals surface area contributed by atoms with Crippen molar-refractivity contribution in [3.05, 3.63) is 60.4 Å². The van der Waals surface area contributed by atoms with Gasteiger partial charge in [0.25, 0.3) is 0 Å². The summed E-state index contributed by atoms with van der Waals surface area (Å²) in [7, 11) is -3.41. The number of imidazole rings is 1. The Labute approximate surface area is 203 Å². The minimum absolute atomic E-state index is 0.00752. The lowest BCUT2D eigenvalue weighted by atomic mass is 10.0. The van der Waals surface area contributed by atoms with E-state index in [9.17, 15) is 13.2 Å². The summed E-state index contributed by atoms with van der Waals surface area (Å²) in [6.07, 6.45) is 4.82. The van der Waals surface area contributed by atoms with Gasteiger partial charge in [-0.2, -0.15) is 0 Å². The Balaban J connectivity index is 1.58. The lowest BCUT2D eigenvalue weighted by Gasteiger charge is -2.25. The van der Waals surface area contributed by atoms with E-state index in [1.54, 1.807) is 26.1 Å². The standard InChI is InChI=1S/C25H25N5O4S/c1-3-35(32,33)24-10-9-17(15-27-24)34-23-14-21-20(28-25(29-21)19-7-4-5-11-26-19)13-18(23)22-8-6-12-30(22)16(2)31/h4-5,7,9-11,13-15,22H,3,6,8,12H2,1-2H3,(H,28,29). The van der Waals surface area contributed by atoms with Crippen LogP contribution in [0.15, 0.2) is 59.9 Å². The number of sulfone groups is 1. The average molecular weight is 492 g/mol. The highest BCUT2D eigenvalue weighted by molar-refractivity contribution is 7.91. The number of pyridine rings is 2. The van der Waals surface area contributed by atoms with Crippen LogP contribution in [0.3, 0.4) is 0 Å². The van der Waals surface area contributed by atoms with Crippen molar-refractivity contribution < 1.29 is 17.9 Å². The number of hydrogen-bond donors (Lipinski definition) is 1. The first-order valence-corrected chi connectivity index (χ1v) is 13.1. The average Bonchev–Trinajstić information content (AvgIpc) is 3.52. The first-order valence-electron chi connectivity index (χ1n) is 11.4. The van der Waals surface area contributed by atoms with Gasteiger partial charge in [-0.3, -0.25) is 9.78 Å². The zero-order valence-corrected chi connectivity index (χ0v) is 20.2. The highest BCUT2D eigenvalue weighted by atomic mass is 32.2. The SMILES string of the molecule is CCS(=O)(=O)c1ccc(Oc2cc3nc(-c4ccccn4)[nH]c3cc2C2CCCN2C(C)=O)cn1. The second-order valence-corrected chi connectivity index (χ2v) is 10.6. The summed E-state index contributed by atoms with van der Waals surface area (Å²) >= 11 is 0. The molecule has 0 saturated carbocycles. The summed E-state index contributed by atoms with van der Waals surface area (Å²) in [5.41, 5.74) is 3.07. The second-order valence-electron chi connectivity index (χ2n) is 8.42. The van der Waals surface area contributed by atoms with E-state index in [1.807, 2.05) is 35.2 Å². The minimum Gasteiger partial charge on any atom is -0.455 e. The number of hydrogen-bond acceptors (Lipinski definition) is 7. The summed E-state index contributed by atoms with van der Waals surface area (Å²) in [6.45, 7) is 3.84. The van der Waals surface area contributed by atoms with E-state index in [0.29, 0.717) is 29.4 Å². The molecule has 5 rings (SSSR count). The number of likely N-dealkylation sites (tertiary alicyclic amines) is 1. The van der Waals surface area contributed by atoms with E-state index in [2.05, 4.69) is 15.0 Å². The van der Waals surface area contributed by atoms with Crippen LogP contribution in [0, 0.1) is 0 Å². The number of nitrogens with zero attached hydrogens (tertiary/aromatic N) is 4. The molecule has 1 atom stereocenters. The van der Waals surface area contributed by atoms with E-state index < -0.39 is 9.84 Å². The topological polar surface area (TPSA) is 118 Å².